The lowest BCUT2D eigenvalue weighted by Crippen LogP contribution is -2.41. The molecule has 24 heavy (non-hydrogen) atoms. The predicted octanol–water partition coefficient (Wildman–Crippen LogP) is 3.66. The Balaban J connectivity index is 1.85. The third kappa shape index (κ3) is 2.36. The number of hydrogen-bond acceptors (Lipinski definition) is 4. The molecule has 0 unspecified atom stereocenters. The summed E-state index contributed by atoms with van der Waals surface area (Å²) in [5.41, 5.74) is 2.17. The minimum absolute atomic E-state index is 0.562. The third-order valence-corrected chi connectivity index (χ3v) is 5.91. The number of thioether (sulfide) groups is 1. The van der Waals surface area contributed by atoms with Crippen LogP contribution in [-0.4, -0.2) is 30.4 Å². The number of halogens is 1. The Bertz CT molecular complexity index is 936. The molecule has 5 nitrogen and oxygen atoms in total. The number of pyridine rings is 2. The van der Waals surface area contributed by atoms with Crippen LogP contribution in [0.5, 0.6) is 0 Å². The quantitative estimate of drug-likeness (QED) is 0.732. The van der Waals surface area contributed by atoms with E-state index in [4.69, 9.17) is 0 Å². The Hall–Kier alpha value is -2.41. The Morgan fingerprint density at radius 2 is 2.04 bits per heavy atom. The highest BCUT2D eigenvalue weighted by Crippen LogP contribution is 2.49. The van der Waals surface area contributed by atoms with Crippen LogP contribution in [0.2, 0.25) is 0 Å². The van der Waals surface area contributed by atoms with Gasteiger partial charge in [0.05, 0.1) is 16.7 Å². The van der Waals surface area contributed by atoms with Crippen LogP contribution in [0.3, 0.4) is 0 Å². The summed E-state index contributed by atoms with van der Waals surface area (Å²) in [6, 6.07) is 6.72. The zero-order chi connectivity index (χ0) is 16.7. The fraction of sp³-hybridized carbons (Fsp3) is 0.235. The van der Waals surface area contributed by atoms with Gasteiger partial charge in [0.1, 0.15) is 4.75 Å². The van der Waals surface area contributed by atoms with Gasteiger partial charge in [0.15, 0.2) is 0 Å². The third-order valence-electron chi connectivity index (χ3n) is 4.38. The molecule has 3 heterocycles. The van der Waals surface area contributed by atoms with Crippen LogP contribution in [0, 0.1) is 5.95 Å². The van der Waals surface area contributed by atoms with Crippen LogP contribution < -0.4 is 0 Å². The molecule has 7 heteroatoms. The van der Waals surface area contributed by atoms with Gasteiger partial charge < -0.3 is 9.67 Å². The molecular weight excluding hydrogens is 329 g/mol. The van der Waals surface area contributed by atoms with Crippen LogP contribution in [0.15, 0.2) is 47.8 Å². The average Bonchev–Trinajstić information content (AvgIpc) is 2.95. The molecule has 0 atom stereocenters. The lowest BCUT2D eigenvalue weighted by Gasteiger charge is -2.36. The van der Waals surface area contributed by atoms with E-state index in [-0.39, 0.29) is 0 Å². The summed E-state index contributed by atoms with van der Waals surface area (Å²) in [5.74, 6) is -1.34. The maximum Gasteiger partial charge on any atom is 0.320 e. The Labute approximate surface area is 141 Å². The van der Waals surface area contributed by atoms with E-state index in [0.717, 1.165) is 22.3 Å². The number of nitrogens with zero attached hydrogens (tertiary/aromatic N) is 3. The van der Waals surface area contributed by atoms with Gasteiger partial charge in [-0.3, -0.25) is 9.78 Å². The van der Waals surface area contributed by atoms with E-state index in [2.05, 4.69) is 9.97 Å². The number of fused-ring (bicyclic) bond motifs is 1. The van der Waals surface area contributed by atoms with Crippen molar-refractivity contribution in [1.82, 2.24) is 14.5 Å². The maximum absolute atomic E-state index is 13.5. The number of carboxylic acids is 1. The van der Waals surface area contributed by atoms with Crippen molar-refractivity contribution in [1.29, 1.82) is 0 Å². The van der Waals surface area contributed by atoms with Crippen molar-refractivity contribution in [3.05, 3.63) is 48.8 Å². The van der Waals surface area contributed by atoms with E-state index in [1.54, 1.807) is 12.3 Å². The summed E-state index contributed by atoms with van der Waals surface area (Å²) < 4.78 is 14.5. The molecule has 1 N–H and O–H groups in total. The molecule has 1 aliphatic carbocycles. The number of rotatable bonds is 4. The summed E-state index contributed by atoms with van der Waals surface area (Å²) in [4.78, 5) is 20.4. The normalized spacial score (nSPS) is 16.0. The Kier molecular flexibility index (Phi) is 3.53. The zero-order valence-corrected chi connectivity index (χ0v) is 13.5. The largest absolute Gasteiger partial charge is 0.480 e. The molecule has 122 valence electrons. The minimum Gasteiger partial charge on any atom is -0.480 e. The van der Waals surface area contributed by atoms with E-state index in [1.807, 2.05) is 22.9 Å². The average molecular weight is 343 g/mol. The van der Waals surface area contributed by atoms with Crippen LogP contribution >= 0.6 is 11.8 Å². The van der Waals surface area contributed by atoms with Crippen molar-refractivity contribution in [2.45, 2.75) is 28.9 Å². The van der Waals surface area contributed by atoms with Gasteiger partial charge in [-0.05, 0) is 37.5 Å². The van der Waals surface area contributed by atoms with Gasteiger partial charge in [-0.2, -0.15) is 4.39 Å². The second kappa shape index (κ2) is 5.59. The van der Waals surface area contributed by atoms with Crippen molar-refractivity contribution in [2.24, 2.45) is 0 Å². The second-order valence-corrected chi connectivity index (χ2v) is 7.25. The summed E-state index contributed by atoms with van der Waals surface area (Å²) in [6.45, 7) is 0. The first-order chi connectivity index (χ1) is 11.6. The highest BCUT2D eigenvalue weighted by molar-refractivity contribution is 8.01. The second-order valence-electron chi connectivity index (χ2n) is 5.82. The van der Waals surface area contributed by atoms with Gasteiger partial charge in [-0.1, -0.05) is 0 Å². The van der Waals surface area contributed by atoms with Gasteiger partial charge in [-0.15, -0.1) is 11.8 Å². The van der Waals surface area contributed by atoms with E-state index >= 15 is 0 Å². The molecule has 0 saturated heterocycles. The first kappa shape index (κ1) is 15.1. The smallest absolute Gasteiger partial charge is 0.320 e. The molecule has 1 aliphatic rings. The summed E-state index contributed by atoms with van der Waals surface area (Å²) in [5, 5.41) is 9.59. The molecule has 0 bridgehead atoms. The topological polar surface area (TPSA) is 68.0 Å². The van der Waals surface area contributed by atoms with Gasteiger partial charge >= 0.3 is 5.97 Å². The van der Waals surface area contributed by atoms with Crippen molar-refractivity contribution in [3.8, 4) is 5.69 Å². The Morgan fingerprint density at radius 3 is 2.71 bits per heavy atom. The highest BCUT2D eigenvalue weighted by Gasteiger charge is 2.45. The van der Waals surface area contributed by atoms with Crippen LogP contribution in [-0.2, 0) is 4.79 Å². The standard InChI is InChI=1S/C17H14FN3O2S/c18-14-10-11(2-7-20-14)21-9-4-12-15(21)13(3-8-19-12)24-17(16(22)23)5-1-6-17/h2-4,7-10H,1,5-6H2,(H,22,23). The molecule has 0 radical (unpaired) electrons. The number of carboxylic acid groups (broad SMARTS) is 1. The van der Waals surface area contributed by atoms with E-state index < -0.39 is 16.7 Å². The van der Waals surface area contributed by atoms with Gasteiger partial charge in [0, 0.05) is 29.6 Å². The zero-order valence-electron chi connectivity index (χ0n) is 12.6. The van der Waals surface area contributed by atoms with Gasteiger partial charge in [-0.25, -0.2) is 4.98 Å². The van der Waals surface area contributed by atoms with Crippen LogP contribution in [0.1, 0.15) is 19.3 Å². The van der Waals surface area contributed by atoms with E-state index in [0.29, 0.717) is 18.5 Å². The molecule has 3 aromatic rings. The molecule has 4 rings (SSSR count). The number of carbonyl (C=O) groups is 1. The lowest BCUT2D eigenvalue weighted by atomic mass is 9.84. The predicted molar refractivity (Wildman–Crippen MR) is 88.9 cm³/mol. The van der Waals surface area contributed by atoms with Crippen molar-refractivity contribution in [3.63, 3.8) is 0 Å². The van der Waals surface area contributed by atoms with Gasteiger partial charge in [0.25, 0.3) is 0 Å². The van der Waals surface area contributed by atoms with Crippen molar-refractivity contribution >= 4 is 28.8 Å². The monoisotopic (exact) mass is 343 g/mol. The van der Waals surface area contributed by atoms with Crippen molar-refractivity contribution < 1.29 is 14.3 Å². The molecule has 0 spiro atoms. The Morgan fingerprint density at radius 1 is 1.25 bits per heavy atom. The summed E-state index contributed by atoms with van der Waals surface area (Å²) in [7, 11) is 0. The highest BCUT2D eigenvalue weighted by atomic mass is 32.2. The van der Waals surface area contributed by atoms with Crippen molar-refractivity contribution in [2.75, 3.05) is 0 Å². The van der Waals surface area contributed by atoms with Gasteiger partial charge in [0.2, 0.25) is 5.95 Å². The molecule has 1 fully saturated rings. The van der Waals surface area contributed by atoms with Crippen LogP contribution in [0.4, 0.5) is 4.39 Å². The number of aromatic nitrogens is 3. The lowest BCUT2D eigenvalue weighted by molar-refractivity contribution is -0.142. The van der Waals surface area contributed by atoms with E-state index in [1.165, 1.54) is 24.0 Å². The summed E-state index contributed by atoms with van der Waals surface area (Å²) in [6.07, 6.45) is 7.12. The minimum atomic E-state index is -0.781. The molecular formula is C17H14FN3O2S. The molecule has 1 saturated carbocycles. The molecule has 0 aliphatic heterocycles. The molecule has 0 amide bonds. The fourth-order valence-corrected chi connectivity index (χ4v) is 4.37. The molecule has 0 aromatic carbocycles. The number of hydrogen-bond donors (Lipinski definition) is 1. The first-order valence-electron chi connectivity index (χ1n) is 7.59. The molecule has 3 aromatic heterocycles. The number of aliphatic carboxylic acids is 1. The summed E-state index contributed by atoms with van der Waals surface area (Å²) >= 11 is 1.36. The van der Waals surface area contributed by atoms with Crippen LogP contribution in [0.25, 0.3) is 16.7 Å². The first-order valence-corrected chi connectivity index (χ1v) is 8.41. The SMILES string of the molecule is O=C(O)C1(Sc2ccnc3ccn(-c4ccnc(F)c4)c23)CCC1. The maximum atomic E-state index is 13.5. The fourth-order valence-electron chi connectivity index (χ4n) is 2.94. The van der Waals surface area contributed by atoms with E-state index in [9.17, 15) is 14.3 Å².